The Balaban J connectivity index is 2.36. The number of carboxylic acids is 1. The summed E-state index contributed by atoms with van der Waals surface area (Å²) in [6, 6.07) is 1.31. The minimum atomic E-state index is -1.14. The first kappa shape index (κ1) is 11.6. The van der Waals surface area contributed by atoms with Crippen LogP contribution in [0.2, 0.25) is 0 Å². The van der Waals surface area contributed by atoms with Gasteiger partial charge in [-0.25, -0.2) is 9.78 Å². The first-order valence-electron chi connectivity index (χ1n) is 5.09. The Kier molecular flexibility index (Phi) is 2.86. The number of pyridine rings is 1. The van der Waals surface area contributed by atoms with Gasteiger partial charge in [0.25, 0.3) is 0 Å². The Morgan fingerprint density at radius 2 is 2.00 bits per heavy atom. The van der Waals surface area contributed by atoms with Gasteiger partial charge >= 0.3 is 5.97 Å². The van der Waals surface area contributed by atoms with Gasteiger partial charge in [0.2, 0.25) is 0 Å². The number of aromatic nitrogens is 1. The number of nitrogens with zero attached hydrogens (tertiary/aromatic N) is 2. The van der Waals surface area contributed by atoms with Gasteiger partial charge in [0.15, 0.2) is 0 Å². The molecule has 5 N–H and O–H groups in total. The molecule has 2 heterocycles. The molecule has 0 radical (unpaired) electrons. The summed E-state index contributed by atoms with van der Waals surface area (Å²) < 4.78 is 0. The monoisotopic (exact) mass is 239 g/mol. The summed E-state index contributed by atoms with van der Waals surface area (Å²) in [5.41, 5.74) is 5.70. The van der Waals surface area contributed by atoms with E-state index in [1.807, 2.05) is 0 Å². The molecule has 0 amide bonds. The number of hydrogen-bond donors (Lipinski definition) is 4. The second kappa shape index (κ2) is 4.19. The van der Waals surface area contributed by atoms with Crippen LogP contribution in [0.1, 0.15) is 10.4 Å². The van der Waals surface area contributed by atoms with E-state index in [0.717, 1.165) is 0 Å². The highest BCUT2D eigenvalue weighted by Gasteiger charge is 2.32. The van der Waals surface area contributed by atoms with Crippen LogP contribution in [0, 0.1) is 0 Å². The fraction of sp³-hybridized carbons (Fsp3) is 0.400. The zero-order valence-electron chi connectivity index (χ0n) is 8.95. The van der Waals surface area contributed by atoms with Crippen molar-refractivity contribution in [3.63, 3.8) is 0 Å². The molecule has 2 rings (SSSR count). The molecular weight excluding hydrogens is 226 g/mol. The molecule has 0 aromatic carbocycles. The highest BCUT2D eigenvalue weighted by molar-refractivity contribution is 5.94. The topological polar surface area (TPSA) is 120 Å². The van der Waals surface area contributed by atoms with Gasteiger partial charge in [-0.15, -0.1) is 0 Å². The largest absolute Gasteiger partial charge is 0.478 e. The normalized spacial score (nSPS) is 24.0. The van der Waals surface area contributed by atoms with Crippen LogP contribution in [-0.2, 0) is 0 Å². The molecule has 92 valence electrons. The number of aliphatic hydroxyl groups excluding tert-OH is 2. The molecule has 1 aliphatic heterocycles. The Bertz CT molecular complexity index is 441. The molecule has 7 nitrogen and oxygen atoms in total. The first-order chi connectivity index (χ1) is 7.99. The smallest absolute Gasteiger partial charge is 0.339 e. The third kappa shape index (κ3) is 2.15. The van der Waals surface area contributed by atoms with Gasteiger partial charge in [-0.2, -0.15) is 0 Å². The molecule has 1 aliphatic rings. The van der Waals surface area contributed by atoms with Crippen molar-refractivity contribution in [1.29, 1.82) is 0 Å². The average Bonchev–Trinajstić information content (AvgIpc) is 2.59. The lowest BCUT2D eigenvalue weighted by Crippen LogP contribution is -2.24. The number of carbonyl (C=O) groups is 1. The van der Waals surface area contributed by atoms with Crippen molar-refractivity contribution in [3.8, 4) is 0 Å². The number of nitrogens with two attached hydrogens (primary N) is 1. The second-order valence-electron chi connectivity index (χ2n) is 3.98. The Morgan fingerprint density at radius 1 is 1.41 bits per heavy atom. The Morgan fingerprint density at radius 3 is 2.53 bits per heavy atom. The molecule has 0 saturated carbocycles. The number of aromatic carboxylic acids is 1. The summed E-state index contributed by atoms with van der Waals surface area (Å²) >= 11 is 0. The summed E-state index contributed by atoms with van der Waals surface area (Å²) in [5, 5.41) is 27.9. The summed E-state index contributed by atoms with van der Waals surface area (Å²) in [5.74, 6) is -0.932. The number of aliphatic hydroxyl groups is 2. The van der Waals surface area contributed by atoms with Gasteiger partial charge in [0.05, 0.1) is 24.1 Å². The minimum Gasteiger partial charge on any atom is -0.478 e. The number of hydrogen-bond acceptors (Lipinski definition) is 6. The van der Waals surface area contributed by atoms with E-state index >= 15 is 0 Å². The van der Waals surface area contributed by atoms with Crippen molar-refractivity contribution in [2.45, 2.75) is 12.2 Å². The number of nitrogen functional groups attached to an aromatic ring is 1. The van der Waals surface area contributed by atoms with Gasteiger partial charge in [-0.05, 0) is 6.07 Å². The molecule has 0 aliphatic carbocycles. The maximum absolute atomic E-state index is 11.0. The quantitative estimate of drug-likeness (QED) is 0.517. The van der Waals surface area contributed by atoms with Crippen LogP contribution >= 0.6 is 0 Å². The number of β-amino-alcohol motifs (C(OH)–C–C–N with tert-alkyl or cyclic N) is 2. The third-order valence-corrected chi connectivity index (χ3v) is 2.68. The third-order valence-electron chi connectivity index (χ3n) is 2.68. The van der Waals surface area contributed by atoms with Crippen LogP contribution < -0.4 is 10.6 Å². The fourth-order valence-electron chi connectivity index (χ4n) is 1.83. The van der Waals surface area contributed by atoms with Crippen LogP contribution in [0.5, 0.6) is 0 Å². The molecule has 1 fully saturated rings. The van der Waals surface area contributed by atoms with Crippen molar-refractivity contribution in [3.05, 3.63) is 17.8 Å². The van der Waals surface area contributed by atoms with Crippen molar-refractivity contribution in [2.75, 3.05) is 23.7 Å². The molecule has 1 aromatic heterocycles. The molecule has 17 heavy (non-hydrogen) atoms. The lowest BCUT2D eigenvalue weighted by atomic mass is 10.2. The van der Waals surface area contributed by atoms with Gasteiger partial charge in [0, 0.05) is 13.1 Å². The Hall–Kier alpha value is -1.86. The second-order valence-corrected chi connectivity index (χ2v) is 3.98. The lowest BCUT2D eigenvalue weighted by Gasteiger charge is -2.18. The van der Waals surface area contributed by atoms with Crippen LogP contribution in [0.15, 0.2) is 12.3 Å². The zero-order valence-corrected chi connectivity index (χ0v) is 8.95. The molecule has 0 spiro atoms. The summed E-state index contributed by atoms with van der Waals surface area (Å²) in [6.07, 6.45) is -0.439. The van der Waals surface area contributed by atoms with Crippen LogP contribution in [0.4, 0.5) is 11.5 Å². The van der Waals surface area contributed by atoms with Crippen molar-refractivity contribution in [2.24, 2.45) is 0 Å². The highest BCUT2D eigenvalue weighted by atomic mass is 16.4. The van der Waals surface area contributed by atoms with E-state index in [1.165, 1.54) is 17.2 Å². The maximum Gasteiger partial charge on any atom is 0.339 e. The minimum absolute atomic E-state index is 0.0358. The Labute approximate surface area is 97.1 Å². The van der Waals surface area contributed by atoms with E-state index in [4.69, 9.17) is 10.8 Å². The van der Waals surface area contributed by atoms with Gasteiger partial charge in [0.1, 0.15) is 11.4 Å². The predicted molar refractivity (Wildman–Crippen MR) is 59.8 cm³/mol. The number of anilines is 2. The molecule has 2 unspecified atom stereocenters. The van der Waals surface area contributed by atoms with E-state index in [1.54, 1.807) is 0 Å². The molecule has 0 bridgehead atoms. The van der Waals surface area contributed by atoms with E-state index in [9.17, 15) is 15.0 Å². The molecule has 1 saturated heterocycles. The SMILES string of the molecule is Nc1cnc(N2CC(O)C(O)C2)c(C(=O)O)c1. The van der Waals surface area contributed by atoms with Crippen LogP contribution in [0.25, 0.3) is 0 Å². The summed E-state index contributed by atoms with van der Waals surface area (Å²) in [6.45, 7) is 0.302. The average molecular weight is 239 g/mol. The summed E-state index contributed by atoms with van der Waals surface area (Å²) in [4.78, 5) is 16.5. The van der Waals surface area contributed by atoms with Crippen LogP contribution in [-0.4, -0.2) is 51.6 Å². The lowest BCUT2D eigenvalue weighted by molar-refractivity contribution is 0.0572. The fourth-order valence-corrected chi connectivity index (χ4v) is 1.83. The van der Waals surface area contributed by atoms with Crippen molar-refractivity contribution in [1.82, 2.24) is 4.98 Å². The van der Waals surface area contributed by atoms with Gasteiger partial charge in [-0.1, -0.05) is 0 Å². The molecule has 7 heteroatoms. The molecular formula is C10H13N3O4. The maximum atomic E-state index is 11.0. The van der Waals surface area contributed by atoms with Crippen molar-refractivity contribution < 1.29 is 20.1 Å². The molecule has 2 atom stereocenters. The molecule has 1 aromatic rings. The van der Waals surface area contributed by atoms with Crippen LogP contribution in [0.3, 0.4) is 0 Å². The van der Waals surface area contributed by atoms with E-state index in [2.05, 4.69) is 4.98 Å². The highest BCUT2D eigenvalue weighted by Crippen LogP contribution is 2.24. The number of rotatable bonds is 2. The van der Waals surface area contributed by atoms with Gasteiger partial charge < -0.3 is 26.0 Å². The number of carboxylic acid groups (broad SMARTS) is 1. The standard InChI is InChI=1S/C10H13N3O4/c11-5-1-6(10(16)17)9(12-2-5)13-3-7(14)8(15)4-13/h1-2,7-8,14-15H,3-4,11H2,(H,16,17). The van der Waals surface area contributed by atoms with E-state index < -0.39 is 18.2 Å². The van der Waals surface area contributed by atoms with Gasteiger partial charge in [-0.3, -0.25) is 0 Å². The summed E-state index contributed by atoms with van der Waals surface area (Å²) in [7, 11) is 0. The zero-order chi connectivity index (χ0) is 12.6. The van der Waals surface area contributed by atoms with E-state index in [0.29, 0.717) is 0 Å². The van der Waals surface area contributed by atoms with Crippen molar-refractivity contribution >= 4 is 17.5 Å². The van der Waals surface area contributed by atoms with E-state index in [-0.39, 0.29) is 30.2 Å². The predicted octanol–water partition coefficient (Wildman–Crippen LogP) is -1.10. The first-order valence-corrected chi connectivity index (χ1v) is 5.09.